The minimum Gasteiger partial charge on any atom is -0.493 e. The van der Waals surface area contributed by atoms with Crippen molar-refractivity contribution in [3.8, 4) is 17.2 Å². The van der Waals surface area contributed by atoms with E-state index in [0.717, 1.165) is 0 Å². The molecule has 0 saturated heterocycles. The molecule has 1 N–H and O–H groups in total. The Morgan fingerprint density at radius 2 is 1.74 bits per heavy atom. The van der Waals surface area contributed by atoms with E-state index in [1.165, 1.54) is 19.4 Å². The van der Waals surface area contributed by atoms with E-state index in [-0.39, 0.29) is 6.61 Å². The van der Waals surface area contributed by atoms with Crippen molar-refractivity contribution in [3.05, 3.63) is 88.9 Å². The van der Waals surface area contributed by atoms with E-state index in [1.54, 1.807) is 66.7 Å². The molecule has 8 heteroatoms. The van der Waals surface area contributed by atoms with Gasteiger partial charge in [-0.15, -0.1) is 0 Å². The smallest absolute Gasteiger partial charge is 0.343 e. The number of hydrazone groups is 1. The molecule has 0 aliphatic rings. The third kappa shape index (κ3) is 6.58. The Balaban J connectivity index is 1.48. The first kappa shape index (κ1) is 21.9. The molecule has 0 heterocycles. The van der Waals surface area contributed by atoms with E-state index in [4.69, 9.17) is 25.8 Å². The van der Waals surface area contributed by atoms with Crippen molar-refractivity contribution in [2.45, 2.75) is 0 Å². The lowest BCUT2D eigenvalue weighted by Crippen LogP contribution is -2.24. The van der Waals surface area contributed by atoms with Crippen LogP contribution in [0.25, 0.3) is 0 Å². The van der Waals surface area contributed by atoms with E-state index >= 15 is 0 Å². The first-order valence-corrected chi connectivity index (χ1v) is 9.58. The zero-order valence-corrected chi connectivity index (χ0v) is 17.3. The van der Waals surface area contributed by atoms with E-state index in [0.29, 0.717) is 33.4 Å². The van der Waals surface area contributed by atoms with Crippen molar-refractivity contribution in [1.29, 1.82) is 0 Å². The van der Waals surface area contributed by atoms with Crippen molar-refractivity contribution in [2.75, 3.05) is 13.7 Å². The van der Waals surface area contributed by atoms with Crippen LogP contribution in [0.15, 0.2) is 77.9 Å². The highest BCUT2D eigenvalue weighted by Crippen LogP contribution is 2.25. The molecule has 3 aromatic rings. The van der Waals surface area contributed by atoms with Gasteiger partial charge < -0.3 is 14.2 Å². The molecule has 3 aromatic carbocycles. The van der Waals surface area contributed by atoms with E-state index in [2.05, 4.69) is 10.5 Å². The molecule has 0 radical (unpaired) electrons. The summed E-state index contributed by atoms with van der Waals surface area (Å²) in [6.45, 7) is -0.212. The first-order chi connectivity index (χ1) is 15.0. The third-order valence-electron chi connectivity index (χ3n) is 3.98. The number of hydrogen-bond acceptors (Lipinski definition) is 6. The zero-order chi connectivity index (χ0) is 22.1. The number of nitrogens with zero attached hydrogens (tertiary/aromatic N) is 1. The third-order valence-corrected chi connectivity index (χ3v) is 4.22. The van der Waals surface area contributed by atoms with Gasteiger partial charge in [0.05, 0.1) is 18.9 Å². The number of nitrogens with one attached hydrogen (secondary N) is 1. The van der Waals surface area contributed by atoms with Crippen LogP contribution in [-0.4, -0.2) is 31.8 Å². The summed E-state index contributed by atoms with van der Waals surface area (Å²) in [5.41, 5.74) is 3.44. The molecule has 158 valence electrons. The standard InChI is InChI=1S/C23H19ClN2O5/c1-29-20-7-2-3-8-21(20)30-15-22(27)26-25-14-16-9-11-19(12-10-16)31-23(28)17-5-4-6-18(24)13-17/h2-14H,15H2,1H3,(H,26,27)/b25-14+. The second-order valence-electron chi connectivity index (χ2n) is 6.20. The van der Waals surface area contributed by atoms with Crippen LogP contribution in [0.4, 0.5) is 0 Å². The van der Waals surface area contributed by atoms with Gasteiger partial charge in [0.15, 0.2) is 18.1 Å². The van der Waals surface area contributed by atoms with Crippen LogP contribution in [0, 0.1) is 0 Å². The highest BCUT2D eigenvalue weighted by atomic mass is 35.5. The fourth-order valence-corrected chi connectivity index (χ4v) is 2.69. The summed E-state index contributed by atoms with van der Waals surface area (Å²) in [6, 6.07) is 20.2. The number of esters is 1. The summed E-state index contributed by atoms with van der Waals surface area (Å²) in [5, 5.41) is 4.34. The fraction of sp³-hybridized carbons (Fsp3) is 0.0870. The maximum atomic E-state index is 12.1. The number of hydrogen-bond donors (Lipinski definition) is 1. The monoisotopic (exact) mass is 438 g/mol. The van der Waals surface area contributed by atoms with Gasteiger partial charge in [-0.05, 0) is 60.2 Å². The Labute approximate surface area is 184 Å². The van der Waals surface area contributed by atoms with Gasteiger partial charge in [0.2, 0.25) is 0 Å². The zero-order valence-electron chi connectivity index (χ0n) is 16.6. The molecule has 0 atom stereocenters. The van der Waals surface area contributed by atoms with Gasteiger partial charge >= 0.3 is 5.97 Å². The Morgan fingerprint density at radius 1 is 1.00 bits per heavy atom. The van der Waals surface area contributed by atoms with Crippen LogP contribution < -0.4 is 19.6 Å². The van der Waals surface area contributed by atoms with Crippen molar-refractivity contribution in [3.63, 3.8) is 0 Å². The van der Waals surface area contributed by atoms with E-state index in [1.807, 2.05) is 0 Å². The minimum atomic E-state index is -0.508. The molecule has 31 heavy (non-hydrogen) atoms. The summed E-state index contributed by atoms with van der Waals surface area (Å²) in [5.74, 6) is 0.443. The number of carbonyl (C=O) groups is 2. The molecule has 0 aromatic heterocycles. The van der Waals surface area contributed by atoms with Crippen LogP contribution in [-0.2, 0) is 4.79 Å². The van der Waals surface area contributed by atoms with Gasteiger partial charge in [-0.2, -0.15) is 5.10 Å². The average molecular weight is 439 g/mol. The number of para-hydroxylation sites is 2. The van der Waals surface area contributed by atoms with Gasteiger partial charge in [0.1, 0.15) is 5.75 Å². The van der Waals surface area contributed by atoms with Gasteiger partial charge in [-0.3, -0.25) is 4.79 Å². The fourth-order valence-electron chi connectivity index (χ4n) is 2.50. The van der Waals surface area contributed by atoms with Crippen molar-refractivity contribution >= 4 is 29.7 Å². The quantitative estimate of drug-likeness (QED) is 0.248. The minimum absolute atomic E-state index is 0.212. The summed E-state index contributed by atoms with van der Waals surface area (Å²) in [6.07, 6.45) is 1.46. The van der Waals surface area contributed by atoms with Gasteiger partial charge in [-0.1, -0.05) is 29.8 Å². The average Bonchev–Trinajstić information content (AvgIpc) is 2.79. The first-order valence-electron chi connectivity index (χ1n) is 9.20. The van der Waals surface area contributed by atoms with E-state index < -0.39 is 11.9 Å². The van der Waals surface area contributed by atoms with Gasteiger partial charge in [0, 0.05) is 5.02 Å². The maximum absolute atomic E-state index is 12.1. The summed E-state index contributed by atoms with van der Waals surface area (Å²) in [4.78, 5) is 24.0. The molecule has 0 bridgehead atoms. The Hall–Kier alpha value is -3.84. The van der Waals surface area contributed by atoms with Crippen molar-refractivity contribution in [2.24, 2.45) is 5.10 Å². The van der Waals surface area contributed by atoms with Crippen molar-refractivity contribution in [1.82, 2.24) is 5.43 Å². The number of halogens is 1. The molecule has 3 rings (SSSR count). The van der Waals surface area contributed by atoms with Crippen LogP contribution >= 0.6 is 11.6 Å². The Kier molecular flexibility index (Phi) is 7.61. The highest BCUT2D eigenvalue weighted by Gasteiger charge is 2.09. The maximum Gasteiger partial charge on any atom is 0.343 e. The lowest BCUT2D eigenvalue weighted by Gasteiger charge is -2.09. The number of rotatable bonds is 8. The molecule has 7 nitrogen and oxygen atoms in total. The van der Waals surface area contributed by atoms with Crippen LogP contribution in [0.5, 0.6) is 17.2 Å². The van der Waals surface area contributed by atoms with Crippen LogP contribution in [0.3, 0.4) is 0 Å². The molecule has 0 unspecified atom stereocenters. The number of methoxy groups -OCH3 is 1. The Morgan fingerprint density at radius 3 is 2.45 bits per heavy atom. The van der Waals surface area contributed by atoms with Crippen molar-refractivity contribution < 1.29 is 23.8 Å². The van der Waals surface area contributed by atoms with E-state index in [9.17, 15) is 9.59 Å². The molecule has 0 aliphatic heterocycles. The highest BCUT2D eigenvalue weighted by molar-refractivity contribution is 6.30. The molecule has 0 aliphatic carbocycles. The molecule has 0 saturated carbocycles. The predicted octanol–water partition coefficient (Wildman–Crippen LogP) is 4.10. The normalized spacial score (nSPS) is 10.5. The molecule has 0 spiro atoms. The lowest BCUT2D eigenvalue weighted by atomic mass is 10.2. The Bertz CT molecular complexity index is 1080. The summed E-state index contributed by atoms with van der Waals surface area (Å²) < 4.78 is 15.9. The second kappa shape index (κ2) is 10.8. The SMILES string of the molecule is COc1ccccc1OCC(=O)N/N=C/c1ccc(OC(=O)c2cccc(Cl)c2)cc1. The summed E-state index contributed by atoms with van der Waals surface area (Å²) in [7, 11) is 1.52. The topological polar surface area (TPSA) is 86.2 Å². The van der Waals surface area contributed by atoms with Gasteiger partial charge in [0.25, 0.3) is 5.91 Å². The second-order valence-corrected chi connectivity index (χ2v) is 6.64. The lowest BCUT2D eigenvalue weighted by molar-refractivity contribution is -0.123. The molecular formula is C23H19ClN2O5. The van der Waals surface area contributed by atoms with Crippen LogP contribution in [0.2, 0.25) is 5.02 Å². The van der Waals surface area contributed by atoms with Crippen LogP contribution in [0.1, 0.15) is 15.9 Å². The number of benzene rings is 3. The number of ether oxygens (including phenoxy) is 3. The number of carbonyl (C=O) groups excluding carboxylic acids is 2. The summed E-state index contributed by atoms with van der Waals surface area (Å²) >= 11 is 5.88. The predicted molar refractivity (Wildman–Crippen MR) is 117 cm³/mol. The molecule has 1 amide bonds. The molecular weight excluding hydrogens is 420 g/mol. The molecule has 0 fully saturated rings. The number of amides is 1. The largest absolute Gasteiger partial charge is 0.493 e. The van der Waals surface area contributed by atoms with Gasteiger partial charge in [-0.25, -0.2) is 10.2 Å².